The Labute approximate surface area is 248 Å². The summed E-state index contributed by atoms with van der Waals surface area (Å²) in [5.74, 6) is 0. The summed E-state index contributed by atoms with van der Waals surface area (Å²) in [7, 11) is 0. The fourth-order valence-electron chi connectivity index (χ4n) is 6.56. The summed E-state index contributed by atoms with van der Waals surface area (Å²) >= 11 is 0. The van der Waals surface area contributed by atoms with Crippen LogP contribution in [0.4, 0.5) is 0 Å². The second kappa shape index (κ2) is 11.1. The van der Waals surface area contributed by atoms with E-state index in [9.17, 15) is 0 Å². The Balaban J connectivity index is 1.37. The highest BCUT2D eigenvalue weighted by Gasteiger charge is 2.15. The smallest absolute Gasteiger partial charge is 0.00199 e. The zero-order valence-corrected chi connectivity index (χ0v) is 24.1. The summed E-state index contributed by atoms with van der Waals surface area (Å²) in [6.07, 6.45) is 5.41. The van der Waals surface area contributed by atoms with E-state index >= 15 is 0 Å². The van der Waals surface area contributed by atoms with Crippen molar-refractivity contribution < 1.29 is 0 Å². The van der Waals surface area contributed by atoms with Crippen molar-refractivity contribution in [1.82, 2.24) is 0 Å². The monoisotopic (exact) mass is 538 g/mol. The van der Waals surface area contributed by atoms with Crippen LogP contribution in [0.5, 0.6) is 0 Å². The van der Waals surface area contributed by atoms with Gasteiger partial charge in [0.2, 0.25) is 0 Å². The quantitative estimate of drug-likeness (QED) is 0.177. The number of rotatable bonds is 7. The molecule has 0 nitrogen and oxygen atoms in total. The Morgan fingerprint density at radius 3 is 1.79 bits per heavy atom. The van der Waals surface area contributed by atoms with Gasteiger partial charge in [-0.15, -0.1) is 0 Å². The van der Waals surface area contributed by atoms with Crippen LogP contribution in [0.25, 0.3) is 65.4 Å². The molecule has 7 aromatic rings. The molecule has 7 aromatic carbocycles. The molecule has 0 fully saturated rings. The third-order valence-electron chi connectivity index (χ3n) is 8.59. The lowest BCUT2D eigenvalue weighted by Gasteiger charge is -2.16. The Hall–Kier alpha value is -4.94. The molecule has 0 N–H and O–H groups in total. The minimum absolute atomic E-state index is 0.836. The van der Waals surface area contributed by atoms with Gasteiger partial charge in [0.15, 0.2) is 0 Å². The minimum atomic E-state index is 0.836. The summed E-state index contributed by atoms with van der Waals surface area (Å²) in [6.45, 7) is 6.77. The van der Waals surface area contributed by atoms with Gasteiger partial charge in [-0.2, -0.15) is 0 Å². The van der Waals surface area contributed by atoms with Crippen molar-refractivity contribution >= 4 is 54.2 Å². The Kier molecular flexibility index (Phi) is 6.90. The van der Waals surface area contributed by atoms with Gasteiger partial charge >= 0.3 is 0 Å². The maximum atomic E-state index is 4.53. The van der Waals surface area contributed by atoms with E-state index < -0.39 is 0 Å². The molecule has 0 spiro atoms. The lowest BCUT2D eigenvalue weighted by molar-refractivity contribution is 0.970. The van der Waals surface area contributed by atoms with E-state index in [1.54, 1.807) is 0 Å². The molecule has 42 heavy (non-hydrogen) atoms. The molecule has 0 heterocycles. The van der Waals surface area contributed by atoms with Gasteiger partial charge in [-0.05, 0) is 101 Å². The molecule has 7 rings (SSSR count). The molecule has 0 unspecified atom stereocenters. The second-order valence-electron chi connectivity index (χ2n) is 11.2. The van der Waals surface area contributed by atoms with Gasteiger partial charge in [-0.25, -0.2) is 0 Å². The zero-order valence-electron chi connectivity index (χ0n) is 24.1. The third kappa shape index (κ3) is 4.60. The molecule has 0 radical (unpaired) electrons. The molecule has 0 saturated carbocycles. The van der Waals surface area contributed by atoms with Crippen molar-refractivity contribution in [2.24, 2.45) is 0 Å². The van der Waals surface area contributed by atoms with E-state index in [2.05, 4.69) is 153 Å². The number of benzene rings is 7. The van der Waals surface area contributed by atoms with Crippen LogP contribution in [0.1, 0.15) is 37.3 Å². The van der Waals surface area contributed by atoms with Crippen molar-refractivity contribution in [3.05, 3.63) is 157 Å². The van der Waals surface area contributed by atoms with Gasteiger partial charge in [-0.3, -0.25) is 0 Å². The average molecular weight is 539 g/mol. The molecule has 0 amide bonds. The Morgan fingerprint density at radius 2 is 1.10 bits per heavy atom. The molecular weight excluding hydrogens is 504 g/mol. The summed E-state index contributed by atoms with van der Waals surface area (Å²) in [4.78, 5) is 0. The Bertz CT molecular complexity index is 2130. The van der Waals surface area contributed by atoms with Crippen molar-refractivity contribution in [2.75, 3.05) is 0 Å². The van der Waals surface area contributed by atoms with Gasteiger partial charge in [0.1, 0.15) is 0 Å². The molecule has 0 bridgehead atoms. The van der Waals surface area contributed by atoms with Crippen LogP contribution in [0, 0.1) is 0 Å². The highest BCUT2D eigenvalue weighted by molar-refractivity contribution is 6.33. The summed E-state index contributed by atoms with van der Waals surface area (Å²) < 4.78 is 0. The molecular formula is C42H34. The molecule has 0 heteroatoms. The van der Waals surface area contributed by atoms with Crippen LogP contribution >= 0.6 is 0 Å². The van der Waals surface area contributed by atoms with Crippen LogP contribution in [0.3, 0.4) is 0 Å². The van der Waals surface area contributed by atoms with Crippen LogP contribution in [0.2, 0.25) is 0 Å². The summed E-state index contributed by atoms with van der Waals surface area (Å²) in [5, 5.41) is 10.4. The van der Waals surface area contributed by atoms with Gasteiger partial charge in [0.25, 0.3) is 0 Å². The molecule has 0 aliphatic heterocycles. The van der Waals surface area contributed by atoms with Crippen molar-refractivity contribution in [3.63, 3.8) is 0 Å². The van der Waals surface area contributed by atoms with Gasteiger partial charge in [0.05, 0.1) is 0 Å². The zero-order chi connectivity index (χ0) is 28.5. The number of hydrogen-bond donors (Lipinski definition) is 0. The first kappa shape index (κ1) is 26.0. The molecule has 0 aliphatic carbocycles. The minimum Gasteiger partial charge on any atom is -0.0949 e. The van der Waals surface area contributed by atoms with E-state index in [0.29, 0.717) is 0 Å². The first-order valence-corrected chi connectivity index (χ1v) is 15.0. The van der Waals surface area contributed by atoms with Crippen molar-refractivity contribution in [1.29, 1.82) is 0 Å². The summed E-state index contributed by atoms with van der Waals surface area (Å²) in [6, 6.07) is 48.7. The fourth-order valence-corrected chi connectivity index (χ4v) is 6.56. The van der Waals surface area contributed by atoms with Crippen LogP contribution in [-0.2, 0) is 0 Å². The third-order valence-corrected chi connectivity index (χ3v) is 8.59. The molecule has 0 aliphatic rings. The molecule has 0 aromatic heterocycles. The maximum absolute atomic E-state index is 4.53. The van der Waals surface area contributed by atoms with Crippen molar-refractivity contribution in [3.8, 4) is 11.1 Å². The van der Waals surface area contributed by atoms with Crippen LogP contribution < -0.4 is 0 Å². The number of fused-ring (bicyclic) bond motifs is 8. The van der Waals surface area contributed by atoms with E-state index in [1.165, 1.54) is 70.9 Å². The fraction of sp³-hybridized carbons (Fsp3) is 0.0952. The van der Waals surface area contributed by atoms with Crippen LogP contribution in [-0.4, -0.2) is 0 Å². The highest BCUT2D eigenvalue weighted by Crippen LogP contribution is 2.43. The normalized spacial score (nSPS) is 12.0. The predicted molar refractivity (Wildman–Crippen MR) is 185 cm³/mol. The largest absolute Gasteiger partial charge is 0.0949 e. The standard InChI is InChI=1S/C42H34/c1-3-14-30(31-15-5-4-6-16-31)26-25-29(2)32-17-13-18-33(27-32)40-28-41-36-21-8-7-19-34(36)35-20-9-11-23-38(35)42(41)39-24-12-10-22-37(39)40/h4-13,15-24,26-28H,2-3,14,25H2,1H3/b30-26+. The van der Waals surface area contributed by atoms with Gasteiger partial charge in [-0.1, -0.05) is 147 Å². The molecule has 0 saturated heterocycles. The first-order chi connectivity index (χ1) is 20.7. The summed E-state index contributed by atoms with van der Waals surface area (Å²) in [5.41, 5.74) is 7.53. The van der Waals surface area contributed by atoms with E-state index in [1.807, 2.05) is 0 Å². The average Bonchev–Trinajstić information content (AvgIpc) is 3.06. The van der Waals surface area contributed by atoms with Crippen LogP contribution in [0.15, 0.2) is 146 Å². The lowest BCUT2D eigenvalue weighted by atomic mass is 9.87. The number of hydrogen-bond acceptors (Lipinski definition) is 0. The lowest BCUT2D eigenvalue weighted by Crippen LogP contribution is -1.90. The topological polar surface area (TPSA) is 0 Å². The molecule has 202 valence electrons. The Morgan fingerprint density at radius 1 is 0.548 bits per heavy atom. The van der Waals surface area contributed by atoms with Crippen molar-refractivity contribution in [2.45, 2.75) is 26.2 Å². The maximum Gasteiger partial charge on any atom is -0.00199 e. The predicted octanol–water partition coefficient (Wildman–Crippen LogP) is 12.3. The van der Waals surface area contributed by atoms with E-state index in [-0.39, 0.29) is 0 Å². The van der Waals surface area contributed by atoms with Gasteiger partial charge < -0.3 is 0 Å². The van der Waals surface area contributed by atoms with E-state index in [4.69, 9.17) is 0 Å². The SMILES string of the molecule is C=C(C/C=C(\CCC)c1ccccc1)c1cccc(-c2cc3c4ccccc4c4ccccc4c3c3ccccc23)c1. The van der Waals surface area contributed by atoms with E-state index in [0.717, 1.165) is 24.8 Å². The first-order valence-electron chi connectivity index (χ1n) is 15.0. The van der Waals surface area contributed by atoms with Gasteiger partial charge in [0, 0.05) is 0 Å². The highest BCUT2D eigenvalue weighted by atomic mass is 14.2. The second-order valence-corrected chi connectivity index (χ2v) is 11.2. The number of allylic oxidation sites excluding steroid dienone is 3. The molecule has 0 atom stereocenters.